The normalized spacial score (nSPS) is 9.32. The van der Waals surface area contributed by atoms with Crippen LogP contribution in [0.3, 0.4) is 0 Å². The summed E-state index contributed by atoms with van der Waals surface area (Å²) in [6.07, 6.45) is 2.88. The third-order valence-corrected chi connectivity index (χ3v) is 2.29. The van der Waals surface area contributed by atoms with Gasteiger partial charge in [-0.25, -0.2) is 0 Å². The van der Waals surface area contributed by atoms with Gasteiger partial charge in [0.1, 0.15) is 13.1 Å². The van der Waals surface area contributed by atoms with Crippen molar-refractivity contribution in [2.45, 2.75) is 0 Å². The average molecular weight is 250 g/mol. The SMILES string of the molecule is N#CCN(CC#N)C(=O)/C=C/c1ccc(C#N)cc1. The van der Waals surface area contributed by atoms with Gasteiger partial charge in [-0.1, -0.05) is 12.1 Å². The second-order valence-electron chi connectivity index (χ2n) is 3.58. The highest BCUT2D eigenvalue weighted by Crippen LogP contribution is 2.05. The predicted octanol–water partition coefficient (Wildman–Crippen LogP) is 1.45. The van der Waals surface area contributed by atoms with E-state index in [9.17, 15) is 4.79 Å². The van der Waals surface area contributed by atoms with E-state index < -0.39 is 5.91 Å². The number of nitrogens with zero attached hydrogens (tertiary/aromatic N) is 4. The van der Waals surface area contributed by atoms with Crippen molar-refractivity contribution in [3.8, 4) is 18.2 Å². The molecule has 0 unspecified atom stereocenters. The molecule has 0 aliphatic heterocycles. The first-order valence-electron chi connectivity index (χ1n) is 5.42. The quantitative estimate of drug-likeness (QED) is 0.597. The van der Waals surface area contributed by atoms with E-state index in [4.69, 9.17) is 15.8 Å². The Balaban J connectivity index is 2.74. The lowest BCUT2D eigenvalue weighted by Crippen LogP contribution is -2.30. The molecule has 0 radical (unpaired) electrons. The maximum Gasteiger partial charge on any atom is 0.248 e. The Morgan fingerprint density at radius 3 is 2.16 bits per heavy atom. The van der Waals surface area contributed by atoms with Crippen LogP contribution in [-0.2, 0) is 4.79 Å². The number of carbonyl (C=O) groups excluding carboxylic acids is 1. The highest BCUT2D eigenvalue weighted by Gasteiger charge is 2.08. The van der Waals surface area contributed by atoms with Crippen LogP contribution in [0.1, 0.15) is 11.1 Å². The molecule has 1 aromatic carbocycles. The topological polar surface area (TPSA) is 91.7 Å². The Labute approximate surface area is 111 Å². The fourth-order valence-electron chi connectivity index (χ4n) is 1.32. The van der Waals surface area contributed by atoms with Crippen LogP contribution < -0.4 is 0 Å². The van der Waals surface area contributed by atoms with E-state index in [-0.39, 0.29) is 13.1 Å². The molecule has 0 spiro atoms. The molecule has 0 aromatic heterocycles. The van der Waals surface area contributed by atoms with Gasteiger partial charge in [-0.05, 0) is 23.8 Å². The lowest BCUT2D eigenvalue weighted by atomic mass is 10.1. The summed E-state index contributed by atoms with van der Waals surface area (Å²) in [4.78, 5) is 12.8. The van der Waals surface area contributed by atoms with Gasteiger partial charge < -0.3 is 4.90 Å². The van der Waals surface area contributed by atoms with Gasteiger partial charge in [0.25, 0.3) is 0 Å². The van der Waals surface area contributed by atoms with Gasteiger partial charge in [-0.2, -0.15) is 15.8 Å². The molecule has 0 atom stereocenters. The van der Waals surface area contributed by atoms with Crippen LogP contribution in [0.15, 0.2) is 30.3 Å². The smallest absolute Gasteiger partial charge is 0.248 e. The van der Waals surface area contributed by atoms with E-state index in [1.807, 2.05) is 18.2 Å². The number of hydrogen-bond acceptors (Lipinski definition) is 4. The summed E-state index contributed by atoms with van der Waals surface area (Å²) >= 11 is 0. The molecular weight excluding hydrogens is 240 g/mol. The summed E-state index contributed by atoms with van der Waals surface area (Å²) < 4.78 is 0. The van der Waals surface area contributed by atoms with Crippen molar-refractivity contribution in [1.82, 2.24) is 4.90 Å². The molecule has 0 N–H and O–H groups in total. The molecule has 1 rings (SSSR count). The second-order valence-corrected chi connectivity index (χ2v) is 3.58. The number of amides is 1. The summed E-state index contributed by atoms with van der Waals surface area (Å²) in [6, 6.07) is 12.4. The zero-order valence-electron chi connectivity index (χ0n) is 10.1. The van der Waals surface area contributed by atoms with E-state index in [2.05, 4.69) is 0 Å². The summed E-state index contributed by atoms with van der Waals surface area (Å²) in [5, 5.41) is 25.7. The molecule has 5 heteroatoms. The highest BCUT2D eigenvalue weighted by atomic mass is 16.2. The summed E-state index contributed by atoms with van der Waals surface area (Å²) in [5.41, 5.74) is 1.31. The minimum atomic E-state index is -0.396. The molecule has 0 aliphatic rings. The van der Waals surface area contributed by atoms with E-state index in [1.54, 1.807) is 30.3 Å². The van der Waals surface area contributed by atoms with Crippen LogP contribution in [0.4, 0.5) is 0 Å². The molecule has 0 saturated heterocycles. The molecule has 92 valence electrons. The molecular formula is C14H10N4O. The molecule has 19 heavy (non-hydrogen) atoms. The molecule has 0 heterocycles. The number of benzene rings is 1. The number of rotatable bonds is 4. The Hall–Kier alpha value is -3.10. The molecule has 0 bridgehead atoms. The average Bonchev–Trinajstić information content (AvgIpc) is 2.45. The summed E-state index contributed by atoms with van der Waals surface area (Å²) in [5.74, 6) is -0.396. The molecule has 0 saturated carbocycles. The van der Waals surface area contributed by atoms with Crippen molar-refractivity contribution in [2.75, 3.05) is 13.1 Å². The standard InChI is InChI=1S/C14H10N4O/c15-7-9-18(10-8-16)14(19)6-5-12-1-3-13(11-17)4-2-12/h1-6H,9-10H2/b6-5+. The molecule has 1 aromatic rings. The maximum atomic E-state index is 11.7. The number of hydrogen-bond donors (Lipinski definition) is 0. The van der Waals surface area contributed by atoms with Crippen LogP contribution in [0.5, 0.6) is 0 Å². The third kappa shape index (κ3) is 4.34. The first-order valence-corrected chi connectivity index (χ1v) is 5.42. The monoisotopic (exact) mass is 250 g/mol. The fraction of sp³-hybridized carbons (Fsp3) is 0.143. The largest absolute Gasteiger partial charge is 0.313 e. The van der Waals surface area contributed by atoms with Crippen molar-refractivity contribution in [2.24, 2.45) is 0 Å². The Morgan fingerprint density at radius 2 is 1.68 bits per heavy atom. The van der Waals surface area contributed by atoms with Crippen LogP contribution in [0.2, 0.25) is 0 Å². The van der Waals surface area contributed by atoms with Crippen LogP contribution in [-0.4, -0.2) is 23.9 Å². The number of carbonyl (C=O) groups is 1. The lowest BCUT2D eigenvalue weighted by molar-refractivity contribution is -0.124. The molecule has 5 nitrogen and oxygen atoms in total. The Bertz CT molecular complexity index is 580. The van der Waals surface area contributed by atoms with Gasteiger partial charge in [0, 0.05) is 6.08 Å². The minimum absolute atomic E-state index is 0.121. The lowest BCUT2D eigenvalue weighted by Gasteiger charge is -2.12. The third-order valence-electron chi connectivity index (χ3n) is 2.29. The van der Waals surface area contributed by atoms with Crippen LogP contribution >= 0.6 is 0 Å². The summed E-state index contributed by atoms with van der Waals surface area (Å²) in [7, 11) is 0. The predicted molar refractivity (Wildman–Crippen MR) is 68.0 cm³/mol. The summed E-state index contributed by atoms with van der Waals surface area (Å²) in [6.45, 7) is -0.242. The molecule has 1 amide bonds. The highest BCUT2D eigenvalue weighted by molar-refractivity contribution is 5.92. The van der Waals surface area contributed by atoms with Crippen molar-refractivity contribution < 1.29 is 4.79 Å². The van der Waals surface area contributed by atoms with Gasteiger partial charge in [0.2, 0.25) is 5.91 Å². The zero-order chi connectivity index (χ0) is 14.1. The molecule has 0 aliphatic carbocycles. The van der Waals surface area contributed by atoms with Gasteiger partial charge in [-0.15, -0.1) is 0 Å². The van der Waals surface area contributed by atoms with E-state index >= 15 is 0 Å². The van der Waals surface area contributed by atoms with Gasteiger partial charge in [0.15, 0.2) is 0 Å². The second kappa shape index (κ2) is 7.27. The maximum absolute atomic E-state index is 11.7. The van der Waals surface area contributed by atoms with Gasteiger partial charge in [-0.3, -0.25) is 4.79 Å². The Kier molecular flexibility index (Phi) is 5.34. The van der Waals surface area contributed by atoms with Crippen LogP contribution in [0, 0.1) is 34.0 Å². The van der Waals surface area contributed by atoms with Crippen molar-refractivity contribution in [1.29, 1.82) is 15.8 Å². The first-order chi connectivity index (χ1) is 9.21. The minimum Gasteiger partial charge on any atom is -0.313 e. The first kappa shape index (κ1) is 14.0. The van der Waals surface area contributed by atoms with Crippen molar-refractivity contribution in [3.63, 3.8) is 0 Å². The van der Waals surface area contributed by atoms with E-state index in [1.165, 1.54) is 6.08 Å². The number of nitriles is 3. The zero-order valence-corrected chi connectivity index (χ0v) is 10.1. The van der Waals surface area contributed by atoms with Gasteiger partial charge in [0.05, 0.1) is 23.8 Å². The van der Waals surface area contributed by atoms with E-state index in [0.29, 0.717) is 5.56 Å². The van der Waals surface area contributed by atoms with Crippen molar-refractivity contribution in [3.05, 3.63) is 41.5 Å². The van der Waals surface area contributed by atoms with Crippen LogP contribution in [0.25, 0.3) is 6.08 Å². The van der Waals surface area contributed by atoms with Crippen molar-refractivity contribution >= 4 is 12.0 Å². The van der Waals surface area contributed by atoms with Gasteiger partial charge >= 0.3 is 0 Å². The molecule has 0 fully saturated rings. The van der Waals surface area contributed by atoms with E-state index in [0.717, 1.165) is 10.5 Å². The fourth-order valence-corrected chi connectivity index (χ4v) is 1.32. The Morgan fingerprint density at radius 1 is 1.11 bits per heavy atom.